The number of Topliss-reactive ketones (excluding diaryl/α,β-unsaturated/α-hetero) is 1. The van der Waals surface area contributed by atoms with Gasteiger partial charge in [-0.3, -0.25) is 0 Å². The maximum atomic E-state index is 9.44. The summed E-state index contributed by atoms with van der Waals surface area (Å²) in [5, 5.41) is 0. The molecule has 0 aromatic heterocycles. The molecule has 0 aromatic rings. The van der Waals surface area contributed by atoms with Crippen LogP contribution in [0.2, 0.25) is 0 Å². The van der Waals surface area contributed by atoms with E-state index in [9.17, 15) is 4.79 Å². The van der Waals surface area contributed by atoms with Gasteiger partial charge in [0.2, 0.25) is 0 Å². The van der Waals surface area contributed by atoms with Crippen molar-refractivity contribution in [3.63, 3.8) is 0 Å². The van der Waals surface area contributed by atoms with Gasteiger partial charge in [0.25, 0.3) is 0 Å². The van der Waals surface area contributed by atoms with E-state index >= 15 is 0 Å². The highest BCUT2D eigenvalue weighted by Gasteiger charge is 1.90. The summed E-state index contributed by atoms with van der Waals surface area (Å²) in [5.41, 5.74) is 0. The molecule has 0 aliphatic heterocycles. The van der Waals surface area contributed by atoms with E-state index in [1.54, 1.807) is 0 Å². The maximum Gasteiger partial charge on any atom is 0.126 e. The van der Waals surface area contributed by atoms with Crippen molar-refractivity contribution in [3.8, 4) is 0 Å². The van der Waals surface area contributed by atoms with E-state index in [4.69, 9.17) is 0 Å². The molecule has 0 bridgehead atoms. The number of rotatable bonds is 4. The van der Waals surface area contributed by atoms with E-state index in [1.165, 1.54) is 39.5 Å². The van der Waals surface area contributed by atoms with Crippen LogP contribution >= 0.6 is 0 Å². The largest absolute Gasteiger partial charge is 0.300 e. The molecule has 0 aromatic carbocycles. The Morgan fingerprint density at radius 2 is 1.58 bits per heavy atom. The SMILES string of the molecule is CC(C)=O.CCCCCC(C)C. The minimum atomic E-state index is 0.167. The predicted octanol–water partition coefficient (Wildman–Crippen LogP) is 3.82. The first-order chi connectivity index (χ1) is 5.50. The lowest BCUT2D eigenvalue weighted by atomic mass is 10.1. The van der Waals surface area contributed by atoms with Gasteiger partial charge in [-0.05, 0) is 19.8 Å². The minimum absolute atomic E-state index is 0.167. The van der Waals surface area contributed by atoms with Crippen molar-refractivity contribution >= 4 is 5.78 Å². The molecule has 0 spiro atoms. The molecular weight excluding hydrogens is 148 g/mol. The third-order valence-corrected chi connectivity index (χ3v) is 1.39. The average Bonchev–Trinajstić information content (AvgIpc) is 1.86. The molecule has 0 aliphatic rings. The van der Waals surface area contributed by atoms with Crippen LogP contribution in [0, 0.1) is 5.92 Å². The third-order valence-electron chi connectivity index (χ3n) is 1.39. The van der Waals surface area contributed by atoms with Crippen LogP contribution < -0.4 is 0 Å². The second-order valence-corrected chi connectivity index (χ2v) is 3.80. The average molecular weight is 172 g/mol. The summed E-state index contributed by atoms with van der Waals surface area (Å²) in [4.78, 5) is 9.44. The van der Waals surface area contributed by atoms with Crippen molar-refractivity contribution in [2.75, 3.05) is 0 Å². The van der Waals surface area contributed by atoms with Crippen LogP contribution in [0.4, 0.5) is 0 Å². The molecule has 0 heterocycles. The van der Waals surface area contributed by atoms with Gasteiger partial charge in [0.05, 0.1) is 0 Å². The fourth-order valence-electron chi connectivity index (χ4n) is 0.803. The van der Waals surface area contributed by atoms with Crippen molar-refractivity contribution in [2.24, 2.45) is 5.92 Å². The van der Waals surface area contributed by atoms with Crippen LogP contribution in [0.25, 0.3) is 0 Å². The number of unbranched alkanes of at least 4 members (excludes halogenated alkanes) is 2. The van der Waals surface area contributed by atoms with E-state index < -0.39 is 0 Å². The smallest absolute Gasteiger partial charge is 0.126 e. The topological polar surface area (TPSA) is 17.1 Å². The summed E-state index contributed by atoms with van der Waals surface area (Å²) in [6, 6.07) is 0. The second-order valence-electron chi connectivity index (χ2n) is 3.80. The van der Waals surface area contributed by atoms with Gasteiger partial charge < -0.3 is 4.79 Å². The fourth-order valence-corrected chi connectivity index (χ4v) is 0.803. The Morgan fingerprint density at radius 1 is 1.17 bits per heavy atom. The quantitative estimate of drug-likeness (QED) is 0.589. The van der Waals surface area contributed by atoms with Gasteiger partial charge in [-0.2, -0.15) is 0 Å². The zero-order valence-corrected chi connectivity index (χ0v) is 9.31. The summed E-state index contributed by atoms with van der Waals surface area (Å²) in [5.74, 6) is 1.07. The monoisotopic (exact) mass is 172 g/mol. The standard InChI is InChI=1S/C8H18.C3H6O/c1-4-5-6-7-8(2)3;1-3(2)4/h8H,4-7H2,1-3H3;1-2H3. The van der Waals surface area contributed by atoms with Gasteiger partial charge in [0.15, 0.2) is 0 Å². The Balaban J connectivity index is 0. The van der Waals surface area contributed by atoms with Crippen LogP contribution in [0.3, 0.4) is 0 Å². The summed E-state index contributed by atoms with van der Waals surface area (Å²) in [7, 11) is 0. The highest BCUT2D eigenvalue weighted by atomic mass is 16.1. The molecular formula is C11H24O. The van der Waals surface area contributed by atoms with Gasteiger partial charge in [-0.25, -0.2) is 0 Å². The second kappa shape index (κ2) is 10.7. The summed E-state index contributed by atoms with van der Waals surface area (Å²) >= 11 is 0. The van der Waals surface area contributed by atoms with Crippen molar-refractivity contribution in [3.05, 3.63) is 0 Å². The van der Waals surface area contributed by atoms with Gasteiger partial charge in [-0.15, -0.1) is 0 Å². The lowest BCUT2D eigenvalue weighted by molar-refractivity contribution is -0.114. The molecule has 0 N–H and O–H groups in total. The van der Waals surface area contributed by atoms with E-state index in [0.717, 1.165) is 5.92 Å². The predicted molar refractivity (Wildman–Crippen MR) is 55.3 cm³/mol. The van der Waals surface area contributed by atoms with Gasteiger partial charge >= 0.3 is 0 Å². The minimum Gasteiger partial charge on any atom is -0.300 e. The van der Waals surface area contributed by atoms with Gasteiger partial charge in [0.1, 0.15) is 5.78 Å². The molecule has 74 valence electrons. The first kappa shape index (κ1) is 14.2. The van der Waals surface area contributed by atoms with Gasteiger partial charge in [-0.1, -0.05) is 46.5 Å². The molecule has 0 saturated carbocycles. The maximum absolute atomic E-state index is 9.44. The van der Waals surface area contributed by atoms with Crippen molar-refractivity contribution < 1.29 is 4.79 Å². The molecule has 1 nitrogen and oxygen atoms in total. The Morgan fingerprint density at radius 3 is 1.83 bits per heavy atom. The number of hydrogen-bond donors (Lipinski definition) is 0. The molecule has 0 atom stereocenters. The number of hydrogen-bond acceptors (Lipinski definition) is 1. The number of carbonyl (C=O) groups excluding carboxylic acids is 1. The molecule has 1 heteroatoms. The van der Waals surface area contributed by atoms with E-state index in [2.05, 4.69) is 20.8 Å². The Kier molecular flexibility index (Phi) is 12.6. The first-order valence-electron chi connectivity index (χ1n) is 4.97. The third kappa shape index (κ3) is 33.3. The molecule has 0 saturated heterocycles. The summed E-state index contributed by atoms with van der Waals surface area (Å²) < 4.78 is 0. The number of carbonyl (C=O) groups is 1. The zero-order valence-electron chi connectivity index (χ0n) is 9.31. The highest BCUT2D eigenvalue weighted by molar-refractivity contribution is 5.72. The Labute approximate surface area is 77.6 Å². The Hall–Kier alpha value is -0.330. The van der Waals surface area contributed by atoms with Crippen LogP contribution in [0.1, 0.15) is 60.3 Å². The normalized spacial score (nSPS) is 9.17. The van der Waals surface area contributed by atoms with Crippen LogP contribution in [0.5, 0.6) is 0 Å². The zero-order chi connectivity index (χ0) is 9.98. The van der Waals surface area contributed by atoms with Crippen LogP contribution in [-0.2, 0) is 4.79 Å². The lowest BCUT2D eigenvalue weighted by Gasteiger charge is -2.00. The molecule has 0 radical (unpaired) electrons. The molecule has 0 unspecified atom stereocenters. The van der Waals surface area contributed by atoms with E-state index in [-0.39, 0.29) is 5.78 Å². The molecule has 0 aliphatic carbocycles. The summed E-state index contributed by atoms with van der Waals surface area (Å²) in [6.07, 6.45) is 5.60. The first-order valence-corrected chi connectivity index (χ1v) is 4.97. The van der Waals surface area contributed by atoms with Crippen molar-refractivity contribution in [2.45, 2.75) is 60.3 Å². The lowest BCUT2D eigenvalue weighted by Crippen LogP contribution is -1.85. The Bertz CT molecular complexity index is 91.2. The molecule has 0 fully saturated rings. The summed E-state index contributed by atoms with van der Waals surface area (Å²) in [6.45, 7) is 9.88. The van der Waals surface area contributed by atoms with Crippen LogP contribution in [-0.4, -0.2) is 5.78 Å². The van der Waals surface area contributed by atoms with E-state index in [1.807, 2.05) is 0 Å². The van der Waals surface area contributed by atoms with Crippen molar-refractivity contribution in [1.82, 2.24) is 0 Å². The molecule has 0 rings (SSSR count). The van der Waals surface area contributed by atoms with Gasteiger partial charge in [0, 0.05) is 0 Å². The van der Waals surface area contributed by atoms with Crippen molar-refractivity contribution in [1.29, 1.82) is 0 Å². The van der Waals surface area contributed by atoms with Crippen LogP contribution in [0.15, 0.2) is 0 Å². The fraction of sp³-hybridized carbons (Fsp3) is 0.909. The van der Waals surface area contributed by atoms with E-state index in [0.29, 0.717) is 0 Å². The number of ketones is 1. The molecule has 12 heavy (non-hydrogen) atoms. The highest BCUT2D eigenvalue weighted by Crippen LogP contribution is 2.06. The molecule has 0 amide bonds.